The molecule has 0 saturated heterocycles. The highest BCUT2D eigenvalue weighted by atomic mass is 19.1. The summed E-state index contributed by atoms with van der Waals surface area (Å²) in [5.41, 5.74) is 1.26. The van der Waals surface area contributed by atoms with Crippen molar-refractivity contribution in [3.63, 3.8) is 0 Å². The van der Waals surface area contributed by atoms with Gasteiger partial charge in [0.05, 0.1) is 17.2 Å². The van der Waals surface area contributed by atoms with Crippen LogP contribution in [0.4, 0.5) is 4.39 Å². The number of halogens is 1. The van der Waals surface area contributed by atoms with Crippen molar-refractivity contribution in [1.82, 2.24) is 0 Å². The Labute approximate surface area is 116 Å². The van der Waals surface area contributed by atoms with Crippen LogP contribution >= 0.6 is 0 Å². The van der Waals surface area contributed by atoms with Crippen LogP contribution in [-0.4, -0.2) is 5.78 Å². The van der Waals surface area contributed by atoms with Gasteiger partial charge in [-0.1, -0.05) is 12.1 Å². The van der Waals surface area contributed by atoms with Crippen LogP contribution in [0.2, 0.25) is 0 Å². The molecule has 0 amide bonds. The van der Waals surface area contributed by atoms with E-state index in [0.29, 0.717) is 22.4 Å². The van der Waals surface area contributed by atoms with Crippen molar-refractivity contribution in [2.45, 2.75) is 13.5 Å². The third kappa shape index (κ3) is 3.01. The molecule has 0 heterocycles. The zero-order valence-electron chi connectivity index (χ0n) is 10.9. The molecule has 2 aromatic carbocycles. The minimum atomic E-state index is -0.428. The van der Waals surface area contributed by atoms with Crippen molar-refractivity contribution in [1.29, 1.82) is 5.26 Å². The first-order valence-corrected chi connectivity index (χ1v) is 6.03. The summed E-state index contributed by atoms with van der Waals surface area (Å²) in [6.07, 6.45) is 0. The van der Waals surface area contributed by atoms with E-state index in [9.17, 15) is 9.18 Å². The first-order chi connectivity index (χ1) is 9.61. The highest BCUT2D eigenvalue weighted by molar-refractivity contribution is 5.96. The zero-order valence-corrected chi connectivity index (χ0v) is 10.9. The highest BCUT2D eigenvalue weighted by Crippen LogP contribution is 2.21. The second kappa shape index (κ2) is 5.98. The van der Waals surface area contributed by atoms with E-state index in [1.54, 1.807) is 24.3 Å². The summed E-state index contributed by atoms with van der Waals surface area (Å²) in [5, 5.41) is 8.97. The molecule has 0 bridgehead atoms. The summed E-state index contributed by atoms with van der Waals surface area (Å²) in [6.45, 7) is 1.48. The molecule has 2 rings (SSSR count). The van der Waals surface area contributed by atoms with Crippen LogP contribution in [0.25, 0.3) is 0 Å². The van der Waals surface area contributed by atoms with Gasteiger partial charge in [0.15, 0.2) is 5.78 Å². The average Bonchev–Trinajstić information content (AvgIpc) is 2.45. The zero-order chi connectivity index (χ0) is 14.5. The summed E-state index contributed by atoms with van der Waals surface area (Å²) in [6, 6.07) is 12.7. The number of Topliss-reactive ketones (excluding diaryl/α,β-unsaturated/α-hetero) is 1. The highest BCUT2D eigenvalue weighted by Gasteiger charge is 2.09. The van der Waals surface area contributed by atoms with E-state index in [0.717, 1.165) is 0 Å². The number of ether oxygens (including phenoxy) is 1. The predicted molar refractivity (Wildman–Crippen MR) is 71.9 cm³/mol. The Morgan fingerprint density at radius 3 is 2.75 bits per heavy atom. The lowest BCUT2D eigenvalue weighted by molar-refractivity contribution is 0.101. The Balaban J connectivity index is 2.24. The molecule has 4 heteroatoms. The molecule has 3 nitrogen and oxygen atoms in total. The molecule has 0 aliphatic heterocycles. The Morgan fingerprint density at radius 1 is 1.30 bits per heavy atom. The monoisotopic (exact) mass is 269 g/mol. The smallest absolute Gasteiger partial charge is 0.163 e. The van der Waals surface area contributed by atoms with Crippen molar-refractivity contribution < 1.29 is 13.9 Å². The van der Waals surface area contributed by atoms with Gasteiger partial charge in [-0.3, -0.25) is 4.79 Å². The maximum atomic E-state index is 13.2. The lowest BCUT2D eigenvalue weighted by Gasteiger charge is -2.10. The van der Waals surface area contributed by atoms with Crippen LogP contribution < -0.4 is 4.74 Å². The van der Waals surface area contributed by atoms with Crippen molar-refractivity contribution in [3.8, 4) is 11.8 Å². The molecular weight excluding hydrogens is 257 g/mol. The largest absolute Gasteiger partial charge is 0.488 e. The Kier molecular flexibility index (Phi) is 4.11. The van der Waals surface area contributed by atoms with Crippen LogP contribution in [0.15, 0.2) is 42.5 Å². The number of hydrogen-bond acceptors (Lipinski definition) is 3. The number of rotatable bonds is 4. The summed E-state index contributed by atoms with van der Waals surface area (Å²) in [4.78, 5) is 11.5. The van der Waals surface area contributed by atoms with E-state index in [1.807, 2.05) is 6.07 Å². The topological polar surface area (TPSA) is 50.1 Å². The number of carbonyl (C=O) groups is 1. The third-order valence-electron chi connectivity index (χ3n) is 2.84. The fourth-order valence-corrected chi connectivity index (χ4v) is 1.83. The summed E-state index contributed by atoms with van der Waals surface area (Å²) in [5.74, 6) is -0.115. The van der Waals surface area contributed by atoms with Crippen molar-refractivity contribution in [2.24, 2.45) is 0 Å². The second-order valence-electron chi connectivity index (χ2n) is 4.25. The van der Waals surface area contributed by atoms with Gasteiger partial charge in [-0.2, -0.15) is 5.26 Å². The summed E-state index contributed by atoms with van der Waals surface area (Å²) >= 11 is 0. The van der Waals surface area contributed by atoms with Crippen molar-refractivity contribution in [3.05, 3.63) is 65.0 Å². The van der Waals surface area contributed by atoms with E-state index in [2.05, 4.69) is 0 Å². The number of carbonyl (C=O) groups excluding carboxylic acids is 1. The number of nitrogens with zero attached hydrogens (tertiary/aromatic N) is 1. The Bertz CT molecular complexity index is 689. The average molecular weight is 269 g/mol. The van der Waals surface area contributed by atoms with E-state index in [4.69, 9.17) is 10.00 Å². The number of para-hydroxylation sites is 1. The normalized spacial score (nSPS) is 9.85. The molecule has 20 heavy (non-hydrogen) atoms. The molecule has 100 valence electrons. The Hall–Kier alpha value is -2.67. The van der Waals surface area contributed by atoms with Gasteiger partial charge in [-0.05, 0) is 37.3 Å². The summed E-state index contributed by atoms with van der Waals surface area (Å²) in [7, 11) is 0. The first kappa shape index (κ1) is 13.8. The fraction of sp³-hybridized carbons (Fsp3) is 0.125. The van der Waals surface area contributed by atoms with E-state index < -0.39 is 5.82 Å². The molecule has 0 aliphatic rings. The van der Waals surface area contributed by atoms with Crippen LogP contribution in [0.1, 0.15) is 28.4 Å². The molecular formula is C16H12FNO2. The standard InChI is InChI=1S/C16H12FNO2/c1-11(19)15-4-2-3-5-16(15)20-10-13-8-14(17)7-6-12(13)9-18/h2-8H,10H2,1H3. The van der Waals surface area contributed by atoms with Crippen LogP contribution in [0.3, 0.4) is 0 Å². The van der Waals surface area contributed by atoms with Gasteiger partial charge < -0.3 is 4.74 Å². The van der Waals surface area contributed by atoms with Gasteiger partial charge in [0.1, 0.15) is 18.2 Å². The quantitative estimate of drug-likeness (QED) is 0.798. The molecule has 0 radical (unpaired) electrons. The summed E-state index contributed by atoms with van der Waals surface area (Å²) < 4.78 is 18.7. The van der Waals surface area contributed by atoms with E-state index in [1.165, 1.54) is 25.1 Å². The molecule has 0 aliphatic carbocycles. The fourth-order valence-electron chi connectivity index (χ4n) is 1.83. The van der Waals surface area contributed by atoms with Crippen LogP contribution in [0.5, 0.6) is 5.75 Å². The van der Waals surface area contributed by atoms with Crippen molar-refractivity contribution >= 4 is 5.78 Å². The third-order valence-corrected chi connectivity index (χ3v) is 2.84. The van der Waals surface area contributed by atoms with E-state index >= 15 is 0 Å². The van der Waals surface area contributed by atoms with Gasteiger partial charge >= 0.3 is 0 Å². The number of hydrogen-bond donors (Lipinski definition) is 0. The lowest BCUT2D eigenvalue weighted by atomic mass is 10.1. The first-order valence-electron chi connectivity index (χ1n) is 6.03. The molecule has 2 aromatic rings. The maximum Gasteiger partial charge on any atom is 0.163 e. The number of benzene rings is 2. The maximum absolute atomic E-state index is 13.2. The number of ketones is 1. The minimum absolute atomic E-state index is 0.0327. The van der Waals surface area contributed by atoms with Gasteiger partial charge in [0.25, 0.3) is 0 Å². The SMILES string of the molecule is CC(=O)c1ccccc1OCc1cc(F)ccc1C#N. The second-order valence-corrected chi connectivity index (χ2v) is 4.25. The minimum Gasteiger partial charge on any atom is -0.488 e. The van der Waals surface area contributed by atoms with Crippen molar-refractivity contribution in [2.75, 3.05) is 0 Å². The van der Waals surface area contributed by atoms with Gasteiger partial charge in [0, 0.05) is 5.56 Å². The number of nitriles is 1. The van der Waals surface area contributed by atoms with Gasteiger partial charge in [0.2, 0.25) is 0 Å². The van der Waals surface area contributed by atoms with Gasteiger partial charge in [-0.15, -0.1) is 0 Å². The molecule has 0 aromatic heterocycles. The molecule has 0 N–H and O–H groups in total. The Morgan fingerprint density at radius 2 is 2.05 bits per heavy atom. The molecule has 0 fully saturated rings. The molecule has 0 atom stereocenters. The van der Waals surface area contributed by atoms with Crippen LogP contribution in [-0.2, 0) is 6.61 Å². The van der Waals surface area contributed by atoms with Crippen LogP contribution in [0, 0.1) is 17.1 Å². The molecule has 0 spiro atoms. The van der Waals surface area contributed by atoms with E-state index in [-0.39, 0.29) is 12.4 Å². The molecule has 0 saturated carbocycles. The predicted octanol–water partition coefficient (Wildman–Crippen LogP) is 3.48. The molecule has 0 unspecified atom stereocenters. The van der Waals surface area contributed by atoms with Gasteiger partial charge in [-0.25, -0.2) is 4.39 Å². The lowest BCUT2D eigenvalue weighted by Crippen LogP contribution is -2.03.